The Balaban J connectivity index is 2.41. The van der Waals surface area contributed by atoms with Crippen LogP contribution in [0.2, 0.25) is 0 Å². The standard InChI is InChI=1S/C12H15FN2O3S/c1-8(7-15(2)19-12(17)18)14-6-9-3-4-11(16)10(13)5-9/h3-5,14,16H,1,6-7H2,2H3,(H,17,18). The number of phenolic OH excluding ortho intramolecular Hbond substituents is 1. The Bertz CT molecular complexity index is 482. The highest BCUT2D eigenvalue weighted by molar-refractivity contribution is 8.11. The van der Waals surface area contributed by atoms with Gasteiger partial charge in [-0.3, -0.25) is 0 Å². The number of likely N-dealkylation sites (N-methyl/N-ethyl adjacent to an activating group) is 1. The Morgan fingerprint density at radius 3 is 2.84 bits per heavy atom. The molecule has 3 N–H and O–H groups in total. The van der Waals surface area contributed by atoms with Crippen LogP contribution in [0.25, 0.3) is 0 Å². The van der Waals surface area contributed by atoms with Crippen molar-refractivity contribution in [2.75, 3.05) is 13.6 Å². The second-order valence-electron chi connectivity index (χ2n) is 3.89. The molecular weight excluding hydrogens is 271 g/mol. The minimum absolute atomic E-state index is 0.345. The van der Waals surface area contributed by atoms with Gasteiger partial charge in [-0.15, -0.1) is 0 Å². The maximum Gasteiger partial charge on any atom is 0.380 e. The average molecular weight is 286 g/mol. The molecule has 0 spiro atoms. The summed E-state index contributed by atoms with van der Waals surface area (Å²) in [5.41, 5.74) is 1.27. The number of hydrogen-bond acceptors (Lipinski definition) is 5. The van der Waals surface area contributed by atoms with Gasteiger partial charge < -0.3 is 15.5 Å². The van der Waals surface area contributed by atoms with Crippen molar-refractivity contribution >= 4 is 17.2 Å². The van der Waals surface area contributed by atoms with Crippen molar-refractivity contribution < 1.29 is 19.4 Å². The van der Waals surface area contributed by atoms with Crippen LogP contribution in [0.4, 0.5) is 9.18 Å². The molecule has 19 heavy (non-hydrogen) atoms. The fourth-order valence-electron chi connectivity index (χ4n) is 1.38. The van der Waals surface area contributed by atoms with Gasteiger partial charge >= 0.3 is 5.30 Å². The highest BCUT2D eigenvalue weighted by Crippen LogP contribution is 2.16. The third-order valence-corrected chi connectivity index (χ3v) is 2.80. The highest BCUT2D eigenvalue weighted by atomic mass is 32.2. The first-order valence-electron chi connectivity index (χ1n) is 5.39. The quantitative estimate of drug-likeness (QED) is 0.697. The maximum atomic E-state index is 13.1. The van der Waals surface area contributed by atoms with Crippen LogP contribution in [-0.2, 0) is 6.54 Å². The van der Waals surface area contributed by atoms with Crippen LogP contribution in [0.3, 0.4) is 0 Å². The first-order valence-corrected chi connectivity index (χ1v) is 6.17. The van der Waals surface area contributed by atoms with Crippen molar-refractivity contribution in [3.05, 3.63) is 41.9 Å². The molecule has 0 aliphatic rings. The molecule has 0 atom stereocenters. The summed E-state index contributed by atoms with van der Waals surface area (Å²) in [6.07, 6.45) is 0. The molecular formula is C12H15FN2O3S. The van der Waals surface area contributed by atoms with Gasteiger partial charge in [0.25, 0.3) is 0 Å². The van der Waals surface area contributed by atoms with Crippen molar-refractivity contribution in [1.82, 2.24) is 9.62 Å². The van der Waals surface area contributed by atoms with Crippen LogP contribution in [0.5, 0.6) is 5.75 Å². The van der Waals surface area contributed by atoms with E-state index in [1.54, 1.807) is 13.1 Å². The lowest BCUT2D eigenvalue weighted by Crippen LogP contribution is -2.23. The van der Waals surface area contributed by atoms with E-state index in [0.717, 1.165) is 0 Å². The number of rotatable bonds is 6. The molecule has 0 aromatic heterocycles. The molecule has 0 heterocycles. The molecule has 0 aliphatic heterocycles. The smallest absolute Gasteiger partial charge is 0.380 e. The van der Waals surface area contributed by atoms with Crippen LogP contribution in [-0.4, -0.2) is 33.4 Å². The van der Waals surface area contributed by atoms with Crippen LogP contribution in [0.1, 0.15) is 5.56 Å². The zero-order valence-electron chi connectivity index (χ0n) is 10.4. The first kappa shape index (κ1) is 15.3. The molecule has 0 bridgehead atoms. The van der Waals surface area contributed by atoms with Gasteiger partial charge in [0.05, 0.1) is 0 Å². The number of nitrogens with zero attached hydrogens (tertiary/aromatic N) is 1. The molecule has 0 aliphatic carbocycles. The lowest BCUT2D eigenvalue weighted by Gasteiger charge is -2.16. The number of nitrogens with one attached hydrogen (secondary N) is 1. The normalized spacial score (nSPS) is 10.5. The van der Waals surface area contributed by atoms with Gasteiger partial charge in [-0.1, -0.05) is 12.6 Å². The summed E-state index contributed by atoms with van der Waals surface area (Å²) in [7, 11) is 1.63. The van der Waals surface area contributed by atoms with Crippen molar-refractivity contribution in [2.45, 2.75) is 6.54 Å². The van der Waals surface area contributed by atoms with Gasteiger partial charge in [-0.25, -0.2) is 13.5 Å². The van der Waals surface area contributed by atoms with Gasteiger partial charge in [0.2, 0.25) is 0 Å². The largest absolute Gasteiger partial charge is 0.505 e. The predicted octanol–water partition coefficient (Wildman–Crippen LogP) is 2.39. The van der Waals surface area contributed by atoms with Crippen molar-refractivity contribution in [3.63, 3.8) is 0 Å². The molecule has 5 nitrogen and oxygen atoms in total. The maximum absolute atomic E-state index is 13.1. The number of carboxylic acid groups (broad SMARTS) is 1. The molecule has 0 saturated carbocycles. The first-order chi connectivity index (χ1) is 8.88. The van der Waals surface area contributed by atoms with Crippen LogP contribution in [0, 0.1) is 5.82 Å². The van der Waals surface area contributed by atoms with Crippen molar-refractivity contribution in [1.29, 1.82) is 0 Å². The summed E-state index contributed by atoms with van der Waals surface area (Å²) in [6.45, 7) is 4.45. The van der Waals surface area contributed by atoms with Crippen LogP contribution in [0.15, 0.2) is 30.5 Å². The molecule has 1 aromatic carbocycles. The van der Waals surface area contributed by atoms with E-state index in [0.29, 0.717) is 36.3 Å². The van der Waals surface area contributed by atoms with E-state index in [4.69, 9.17) is 10.2 Å². The summed E-state index contributed by atoms with van der Waals surface area (Å²) in [4.78, 5) is 10.4. The molecule has 0 amide bonds. The topological polar surface area (TPSA) is 72.8 Å². The second kappa shape index (κ2) is 7.01. The monoisotopic (exact) mass is 286 g/mol. The van der Waals surface area contributed by atoms with E-state index in [9.17, 15) is 9.18 Å². The van der Waals surface area contributed by atoms with E-state index in [1.165, 1.54) is 16.4 Å². The fourth-order valence-corrected chi connectivity index (χ4v) is 1.86. The van der Waals surface area contributed by atoms with Crippen molar-refractivity contribution in [2.24, 2.45) is 0 Å². The third kappa shape index (κ3) is 5.62. The molecule has 0 fully saturated rings. The molecule has 1 aromatic rings. The van der Waals surface area contributed by atoms with Gasteiger partial charge in [0.15, 0.2) is 11.6 Å². The zero-order valence-corrected chi connectivity index (χ0v) is 11.2. The number of hydrogen-bond donors (Lipinski definition) is 3. The van der Waals surface area contributed by atoms with Gasteiger partial charge in [0, 0.05) is 30.7 Å². The Labute approximate surface area is 114 Å². The molecule has 104 valence electrons. The summed E-state index contributed by atoms with van der Waals surface area (Å²) in [5.74, 6) is -1.07. The lowest BCUT2D eigenvalue weighted by atomic mass is 10.2. The number of benzene rings is 1. The molecule has 0 radical (unpaired) electrons. The summed E-state index contributed by atoms with van der Waals surface area (Å²) < 4.78 is 14.6. The average Bonchev–Trinajstić information content (AvgIpc) is 2.29. The zero-order chi connectivity index (χ0) is 14.4. The minimum Gasteiger partial charge on any atom is -0.505 e. The predicted molar refractivity (Wildman–Crippen MR) is 72.3 cm³/mol. The van der Waals surface area contributed by atoms with E-state index >= 15 is 0 Å². The number of halogens is 1. The molecule has 0 unspecified atom stereocenters. The summed E-state index contributed by atoms with van der Waals surface area (Å²) in [5, 5.41) is 19.6. The Morgan fingerprint density at radius 1 is 1.58 bits per heavy atom. The SMILES string of the molecule is C=C(CN(C)SC(=O)O)NCc1ccc(O)c(F)c1. The summed E-state index contributed by atoms with van der Waals surface area (Å²) >= 11 is 0.665. The number of carbonyl (C=O) groups is 1. The second-order valence-corrected chi connectivity index (χ2v) is 5.04. The van der Waals surface area contributed by atoms with E-state index < -0.39 is 11.1 Å². The van der Waals surface area contributed by atoms with E-state index in [-0.39, 0.29) is 5.75 Å². The highest BCUT2D eigenvalue weighted by Gasteiger charge is 2.07. The Morgan fingerprint density at radius 2 is 2.26 bits per heavy atom. The number of aromatic hydroxyl groups is 1. The minimum atomic E-state index is -0.990. The van der Waals surface area contributed by atoms with Gasteiger partial charge in [-0.2, -0.15) is 0 Å². The molecule has 1 rings (SSSR count). The molecule has 0 saturated heterocycles. The van der Waals surface area contributed by atoms with E-state index in [1.807, 2.05) is 0 Å². The van der Waals surface area contributed by atoms with Gasteiger partial charge in [-0.05, 0) is 24.7 Å². The molecule has 7 heteroatoms. The van der Waals surface area contributed by atoms with Crippen LogP contribution < -0.4 is 5.32 Å². The third-order valence-electron chi connectivity index (χ3n) is 2.20. The van der Waals surface area contributed by atoms with Crippen molar-refractivity contribution in [3.8, 4) is 5.75 Å². The number of phenols is 1. The van der Waals surface area contributed by atoms with E-state index in [2.05, 4.69) is 11.9 Å². The Kier molecular flexibility index (Phi) is 5.65. The van der Waals surface area contributed by atoms with Gasteiger partial charge in [0.1, 0.15) is 0 Å². The lowest BCUT2D eigenvalue weighted by molar-refractivity contribution is 0.221. The summed E-state index contributed by atoms with van der Waals surface area (Å²) in [6, 6.07) is 4.10. The van der Waals surface area contributed by atoms with Crippen LogP contribution >= 0.6 is 11.9 Å². The Hall–Kier alpha value is -1.73. The fraction of sp³-hybridized carbons (Fsp3) is 0.250.